The van der Waals surface area contributed by atoms with E-state index in [1.807, 2.05) is 43.1 Å². The Balaban J connectivity index is 0.976. The average Bonchev–Trinajstić information content (AvgIpc) is 3.75. The number of hydrogen-bond acceptors (Lipinski definition) is 12. The number of likely N-dealkylation sites (N-methyl/N-ethyl adjacent to an activating group) is 1. The number of para-hydroxylation sites is 1. The van der Waals surface area contributed by atoms with Crippen LogP contribution >= 0.6 is 22.7 Å². The number of aromatic nitrogens is 4. The third-order valence-electron chi connectivity index (χ3n) is 9.53. The molecular formula is C37H41FN9O3S2+. The normalized spacial score (nSPS) is 16.2. The van der Waals surface area contributed by atoms with Crippen LogP contribution in [0.3, 0.4) is 0 Å². The van der Waals surface area contributed by atoms with Crippen molar-refractivity contribution in [2.45, 2.75) is 45.6 Å². The summed E-state index contributed by atoms with van der Waals surface area (Å²) >= 11 is 2.88. The number of ether oxygens (including phenoxy) is 1. The number of anilines is 4. The Kier molecular flexibility index (Phi) is 10.4. The first-order valence-electron chi connectivity index (χ1n) is 17.3. The number of rotatable bonds is 10. The Morgan fingerprint density at radius 1 is 1.15 bits per heavy atom. The standard InChI is InChI=1S/C37H40FN9O3S2/c1-23(45-17-19-47(3,39)20-18-45)12-13-25-14-15-29(27(38)22-25)50-21-7-11-31-32(35(48)49)41-37(52-31)46-16-6-8-26-24(2)33(43-44-34(26)46)42-36-40-28-9-4-5-10-30(28)51-36/h4-5,9-10,14-15,22-23H,6-8,11,16-21,39H2,1-3H3,(H-,40,42,43,48,49)/p+1. The molecule has 5 aromatic rings. The maximum Gasteiger partial charge on any atom is 0.355 e. The largest absolute Gasteiger partial charge is 0.491 e. The van der Waals surface area contributed by atoms with Crippen LogP contribution in [-0.4, -0.2) is 93.2 Å². The lowest BCUT2D eigenvalue weighted by atomic mass is 10.0. The zero-order chi connectivity index (χ0) is 36.4. The predicted molar refractivity (Wildman–Crippen MR) is 202 cm³/mol. The van der Waals surface area contributed by atoms with Crippen LogP contribution in [0.5, 0.6) is 5.75 Å². The second-order valence-electron chi connectivity index (χ2n) is 13.4. The Hall–Kier alpha value is -4.72. The van der Waals surface area contributed by atoms with Crippen molar-refractivity contribution in [1.29, 1.82) is 0 Å². The summed E-state index contributed by atoms with van der Waals surface area (Å²) in [4.78, 5) is 26.3. The Bertz CT molecular complexity index is 2130. The Morgan fingerprint density at radius 3 is 2.73 bits per heavy atom. The summed E-state index contributed by atoms with van der Waals surface area (Å²) < 4.78 is 22.3. The van der Waals surface area contributed by atoms with E-state index < -0.39 is 11.8 Å². The van der Waals surface area contributed by atoms with E-state index in [-0.39, 0.29) is 24.1 Å². The van der Waals surface area contributed by atoms with E-state index in [1.54, 1.807) is 23.5 Å². The number of benzene rings is 2. The molecular weight excluding hydrogens is 702 g/mol. The number of nitrogens with zero attached hydrogens (tertiary/aromatic N) is 7. The first-order valence-corrected chi connectivity index (χ1v) is 19.0. The van der Waals surface area contributed by atoms with Gasteiger partial charge in [0.1, 0.15) is 13.1 Å². The van der Waals surface area contributed by atoms with Gasteiger partial charge in [0.25, 0.3) is 0 Å². The minimum absolute atomic E-state index is 0.00919. The number of aromatic carboxylic acids is 1. The van der Waals surface area contributed by atoms with E-state index in [0.717, 1.165) is 65.5 Å². The molecule has 7 rings (SSSR count). The summed E-state index contributed by atoms with van der Waals surface area (Å²) in [5.41, 5.74) is 3.53. The number of fused-ring (bicyclic) bond motifs is 2. The Morgan fingerprint density at radius 2 is 1.96 bits per heavy atom. The van der Waals surface area contributed by atoms with Gasteiger partial charge in [0.2, 0.25) is 0 Å². The summed E-state index contributed by atoms with van der Waals surface area (Å²) in [6.07, 6.45) is 2.57. The van der Waals surface area contributed by atoms with Gasteiger partial charge in [-0.2, -0.15) is 5.84 Å². The third-order valence-corrected chi connectivity index (χ3v) is 11.6. The third kappa shape index (κ3) is 7.86. The first-order chi connectivity index (χ1) is 25.0. The summed E-state index contributed by atoms with van der Waals surface area (Å²) in [7, 11) is 2.02. The van der Waals surface area contributed by atoms with E-state index in [9.17, 15) is 14.3 Å². The minimum Gasteiger partial charge on any atom is -0.491 e. The van der Waals surface area contributed by atoms with Gasteiger partial charge in [-0.3, -0.25) is 4.90 Å². The van der Waals surface area contributed by atoms with Crippen LogP contribution in [0.4, 0.5) is 26.3 Å². The van der Waals surface area contributed by atoms with Crippen LogP contribution in [-0.2, 0) is 12.8 Å². The topological polar surface area (TPSA) is 143 Å². The highest BCUT2D eigenvalue weighted by molar-refractivity contribution is 7.22. The van der Waals surface area contributed by atoms with Gasteiger partial charge < -0.3 is 20.1 Å². The Labute approximate surface area is 309 Å². The number of carbonyl (C=O) groups is 1. The molecule has 1 saturated heterocycles. The fourth-order valence-electron chi connectivity index (χ4n) is 6.42. The van der Waals surface area contributed by atoms with Gasteiger partial charge in [0.05, 0.1) is 43.0 Å². The monoisotopic (exact) mass is 742 g/mol. The van der Waals surface area contributed by atoms with Crippen LogP contribution in [0.15, 0.2) is 42.5 Å². The van der Waals surface area contributed by atoms with Gasteiger partial charge in [-0.25, -0.2) is 23.7 Å². The van der Waals surface area contributed by atoms with Crippen LogP contribution in [0.2, 0.25) is 0 Å². The van der Waals surface area contributed by atoms with Crippen LogP contribution in [0.25, 0.3) is 10.2 Å². The number of carboxylic acids is 1. The molecule has 5 heterocycles. The van der Waals surface area contributed by atoms with Crippen molar-refractivity contribution in [1.82, 2.24) is 25.1 Å². The van der Waals surface area contributed by atoms with Crippen LogP contribution in [0, 0.1) is 24.6 Å². The molecule has 1 unspecified atom stereocenters. The number of piperazine rings is 1. The average molecular weight is 743 g/mol. The maximum atomic E-state index is 14.9. The molecule has 2 aromatic carbocycles. The number of nitrogens with one attached hydrogen (secondary N) is 1. The number of quaternary nitrogens is 1. The molecule has 270 valence electrons. The maximum absolute atomic E-state index is 14.9. The zero-order valence-electron chi connectivity index (χ0n) is 29.4. The first kappa shape index (κ1) is 35.7. The molecule has 12 nitrogen and oxygen atoms in total. The van der Waals surface area contributed by atoms with E-state index in [4.69, 9.17) is 10.6 Å². The van der Waals surface area contributed by atoms with Crippen LogP contribution < -0.4 is 20.8 Å². The molecule has 0 amide bonds. The molecule has 0 saturated carbocycles. The van der Waals surface area contributed by atoms with Crippen LogP contribution in [0.1, 0.15) is 51.8 Å². The summed E-state index contributed by atoms with van der Waals surface area (Å²) in [6, 6.07) is 12.7. The number of carboxylic acid groups (broad SMARTS) is 1. The second kappa shape index (κ2) is 15.1. The van der Waals surface area contributed by atoms with Crippen molar-refractivity contribution in [2.24, 2.45) is 5.84 Å². The fraction of sp³-hybridized carbons (Fsp3) is 0.378. The highest BCUT2D eigenvalue weighted by Gasteiger charge is 2.29. The molecule has 15 heteroatoms. The molecule has 4 N–H and O–H groups in total. The lowest BCUT2D eigenvalue weighted by Crippen LogP contribution is -2.62. The molecule has 0 spiro atoms. The van der Waals surface area contributed by atoms with E-state index in [2.05, 4.69) is 49.1 Å². The summed E-state index contributed by atoms with van der Waals surface area (Å²) in [5.74, 6) is 12.4. The molecule has 0 aliphatic carbocycles. The zero-order valence-corrected chi connectivity index (χ0v) is 31.0. The van der Waals surface area contributed by atoms with Gasteiger partial charge in [-0.1, -0.05) is 35.3 Å². The second-order valence-corrected chi connectivity index (χ2v) is 15.5. The lowest BCUT2D eigenvalue weighted by Gasteiger charge is -2.38. The van der Waals surface area contributed by atoms with Gasteiger partial charge in [0, 0.05) is 28.1 Å². The van der Waals surface area contributed by atoms with Gasteiger partial charge in [0.15, 0.2) is 39.2 Å². The lowest BCUT2D eigenvalue weighted by molar-refractivity contribution is -0.925. The van der Waals surface area contributed by atoms with Gasteiger partial charge in [-0.15, -0.1) is 21.5 Å². The van der Waals surface area contributed by atoms with E-state index in [1.165, 1.54) is 17.4 Å². The smallest absolute Gasteiger partial charge is 0.355 e. The van der Waals surface area contributed by atoms with Crippen molar-refractivity contribution in [3.05, 3.63) is 75.5 Å². The predicted octanol–water partition coefficient (Wildman–Crippen LogP) is 5.90. The number of aryl methyl sites for hydroxylation is 1. The molecule has 2 aliphatic heterocycles. The fourth-order valence-corrected chi connectivity index (χ4v) is 8.40. The molecule has 0 bridgehead atoms. The molecule has 52 heavy (non-hydrogen) atoms. The van der Waals surface area contributed by atoms with E-state index >= 15 is 0 Å². The number of nitrogens with two attached hydrogens (primary N) is 1. The molecule has 1 fully saturated rings. The van der Waals surface area contributed by atoms with E-state index in [0.29, 0.717) is 51.2 Å². The molecule has 3 aromatic heterocycles. The quantitative estimate of drug-likeness (QED) is 0.0681. The number of halogens is 1. The number of thiazole rings is 2. The van der Waals surface area contributed by atoms with Crippen molar-refractivity contribution < 1.29 is 23.6 Å². The number of hydrogen-bond donors (Lipinski definition) is 3. The summed E-state index contributed by atoms with van der Waals surface area (Å²) in [6.45, 7) is 8.38. The summed E-state index contributed by atoms with van der Waals surface area (Å²) in [5, 5.41) is 23.7. The highest BCUT2D eigenvalue weighted by Crippen LogP contribution is 2.39. The van der Waals surface area contributed by atoms with Crippen molar-refractivity contribution in [3.8, 4) is 17.6 Å². The van der Waals surface area contributed by atoms with Crippen molar-refractivity contribution in [2.75, 3.05) is 56.6 Å². The SMILES string of the molecule is Cc1c(Nc2nc3ccccc3s2)nnc2c1CCCN2c1nc(C(=O)O)c(CCCOc2ccc(C#CC(C)N3CC[N+](C)(N)CC3)cc2F)s1. The molecule has 2 aliphatic rings. The van der Waals surface area contributed by atoms with Gasteiger partial charge >= 0.3 is 5.97 Å². The van der Waals surface area contributed by atoms with Crippen molar-refractivity contribution >= 4 is 60.8 Å². The molecule has 1 atom stereocenters. The van der Waals surface area contributed by atoms with Crippen molar-refractivity contribution in [3.63, 3.8) is 0 Å². The minimum atomic E-state index is -1.09. The highest BCUT2D eigenvalue weighted by atomic mass is 32.1. The molecule has 0 radical (unpaired) electrons. The van der Waals surface area contributed by atoms with Gasteiger partial charge in [-0.05, 0) is 69.9 Å².